The SMILES string of the molecule is O=C1c2cc(F)ncc2-c2cc3cccccc-3c21. The van der Waals surface area contributed by atoms with Crippen molar-refractivity contribution in [1.82, 2.24) is 4.98 Å². The van der Waals surface area contributed by atoms with Crippen LogP contribution in [-0.2, 0) is 0 Å². The zero-order valence-corrected chi connectivity index (χ0v) is 9.85. The van der Waals surface area contributed by atoms with E-state index in [1.165, 1.54) is 12.3 Å². The molecule has 1 aromatic heterocycles. The van der Waals surface area contributed by atoms with Crippen molar-refractivity contribution in [3.8, 4) is 22.3 Å². The third-order valence-electron chi connectivity index (χ3n) is 3.54. The minimum absolute atomic E-state index is 0.118. The van der Waals surface area contributed by atoms with Gasteiger partial charge in [0.1, 0.15) is 0 Å². The number of hydrogen-bond donors (Lipinski definition) is 0. The first kappa shape index (κ1) is 10.4. The van der Waals surface area contributed by atoms with E-state index in [0.29, 0.717) is 11.1 Å². The van der Waals surface area contributed by atoms with Crippen LogP contribution >= 0.6 is 0 Å². The Morgan fingerprint density at radius 3 is 2.63 bits per heavy atom. The zero-order chi connectivity index (χ0) is 13.0. The Hall–Kier alpha value is -2.55. The van der Waals surface area contributed by atoms with Crippen LogP contribution in [0.4, 0.5) is 4.39 Å². The van der Waals surface area contributed by atoms with Crippen LogP contribution in [0.3, 0.4) is 0 Å². The molecular formula is C16H8FNO. The lowest BCUT2D eigenvalue weighted by atomic mass is 10.1. The van der Waals surface area contributed by atoms with Crippen LogP contribution in [0, 0.1) is 5.95 Å². The Labute approximate surface area is 108 Å². The number of aromatic nitrogens is 1. The molecule has 0 aromatic carbocycles. The lowest BCUT2D eigenvalue weighted by Gasteiger charge is -1.99. The Balaban J connectivity index is 2.11. The second-order valence-corrected chi connectivity index (χ2v) is 4.59. The number of hydrogen-bond acceptors (Lipinski definition) is 2. The lowest BCUT2D eigenvalue weighted by Crippen LogP contribution is -1.97. The highest BCUT2D eigenvalue weighted by atomic mass is 19.1. The summed E-state index contributed by atoms with van der Waals surface area (Å²) in [7, 11) is 0. The summed E-state index contributed by atoms with van der Waals surface area (Å²) in [4.78, 5) is 16.1. The minimum Gasteiger partial charge on any atom is -0.289 e. The van der Waals surface area contributed by atoms with Gasteiger partial charge in [-0.1, -0.05) is 30.3 Å². The summed E-state index contributed by atoms with van der Waals surface area (Å²) in [6, 6.07) is 12.8. The first-order valence-electron chi connectivity index (χ1n) is 5.98. The van der Waals surface area contributed by atoms with Gasteiger partial charge in [0.2, 0.25) is 5.95 Å². The predicted octanol–water partition coefficient (Wildman–Crippen LogP) is 3.54. The van der Waals surface area contributed by atoms with Crippen LogP contribution < -0.4 is 0 Å². The molecule has 0 bridgehead atoms. The summed E-state index contributed by atoms with van der Waals surface area (Å²) >= 11 is 0. The molecule has 3 heteroatoms. The molecule has 0 fully saturated rings. The minimum atomic E-state index is -0.618. The maximum atomic E-state index is 13.2. The van der Waals surface area contributed by atoms with Gasteiger partial charge in [-0.25, -0.2) is 4.98 Å². The maximum absolute atomic E-state index is 13.2. The molecule has 90 valence electrons. The van der Waals surface area contributed by atoms with Crippen molar-refractivity contribution in [1.29, 1.82) is 0 Å². The fourth-order valence-electron chi connectivity index (χ4n) is 2.71. The van der Waals surface area contributed by atoms with Gasteiger partial charge in [0.05, 0.1) is 0 Å². The van der Waals surface area contributed by atoms with Gasteiger partial charge in [-0.15, -0.1) is 0 Å². The fraction of sp³-hybridized carbons (Fsp3) is 0. The van der Waals surface area contributed by atoms with Gasteiger partial charge in [-0.2, -0.15) is 4.39 Å². The van der Waals surface area contributed by atoms with Crippen molar-refractivity contribution >= 4 is 5.78 Å². The molecule has 1 heterocycles. The summed E-state index contributed by atoms with van der Waals surface area (Å²) in [5, 5.41) is 0. The lowest BCUT2D eigenvalue weighted by molar-refractivity contribution is 0.104. The van der Waals surface area contributed by atoms with Crippen LogP contribution in [0.15, 0.2) is 48.7 Å². The van der Waals surface area contributed by atoms with Gasteiger partial charge < -0.3 is 0 Å². The topological polar surface area (TPSA) is 30.0 Å². The van der Waals surface area contributed by atoms with E-state index in [1.54, 1.807) is 0 Å². The van der Waals surface area contributed by atoms with Crippen molar-refractivity contribution in [2.45, 2.75) is 0 Å². The van der Waals surface area contributed by atoms with Crippen LogP contribution in [0.2, 0.25) is 0 Å². The van der Waals surface area contributed by atoms with E-state index in [4.69, 9.17) is 0 Å². The molecule has 0 radical (unpaired) electrons. The molecule has 19 heavy (non-hydrogen) atoms. The smallest absolute Gasteiger partial charge is 0.213 e. The average molecular weight is 249 g/mol. The van der Waals surface area contributed by atoms with E-state index < -0.39 is 5.95 Å². The van der Waals surface area contributed by atoms with Gasteiger partial charge in [0.25, 0.3) is 0 Å². The molecule has 3 aliphatic rings. The highest BCUT2D eigenvalue weighted by molar-refractivity contribution is 6.25. The molecule has 1 aromatic rings. The number of ketones is 1. The zero-order valence-electron chi connectivity index (χ0n) is 9.85. The number of carbonyl (C=O) groups is 1. The third kappa shape index (κ3) is 1.30. The number of carbonyl (C=O) groups excluding carboxylic acids is 1. The number of rotatable bonds is 0. The van der Waals surface area contributed by atoms with Crippen LogP contribution in [0.5, 0.6) is 0 Å². The van der Waals surface area contributed by atoms with Crippen molar-refractivity contribution in [2.75, 3.05) is 0 Å². The van der Waals surface area contributed by atoms with E-state index in [1.807, 2.05) is 36.4 Å². The first-order valence-corrected chi connectivity index (χ1v) is 5.98. The Morgan fingerprint density at radius 2 is 1.74 bits per heavy atom. The van der Waals surface area contributed by atoms with E-state index in [0.717, 1.165) is 22.3 Å². The molecule has 0 N–H and O–H groups in total. The quantitative estimate of drug-likeness (QED) is 0.446. The van der Waals surface area contributed by atoms with Gasteiger partial charge >= 0.3 is 0 Å². The second kappa shape index (κ2) is 3.48. The van der Waals surface area contributed by atoms with Crippen molar-refractivity contribution in [3.63, 3.8) is 0 Å². The predicted molar refractivity (Wildman–Crippen MR) is 69.7 cm³/mol. The summed E-state index contributed by atoms with van der Waals surface area (Å²) in [5.74, 6) is -0.736. The molecule has 0 spiro atoms. The van der Waals surface area contributed by atoms with Gasteiger partial charge in [0.15, 0.2) is 5.78 Å². The normalized spacial score (nSPS) is 12.6. The first-order chi connectivity index (χ1) is 9.25. The molecule has 0 aliphatic heterocycles. The van der Waals surface area contributed by atoms with Crippen LogP contribution in [0.25, 0.3) is 22.3 Å². The molecule has 0 atom stereocenters. The standard InChI is InChI=1S/C16H8FNO/c17-14-7-12-13(8-18-14)11-6-9-4-2-1-3-5-10(9)15(11)16(12)19/h1-8H. The number of pyridine rings is 1. The van der Waals surface area contributed by atoms with Crippen molar-refractivity contribution < 1.29 is 9.18 Å². The van der Waals surface area contributed by atoms with Crippen molar-refractivity contribution in [2.24, 2.45) is 0 Å². The number of fused-ring (bicyclic) bond motifs is 5. The highest BCUT2D eigenvalue weighted by Crippen LogP contribution is 2.44. The molecule has 2 nitrogen and oxygen atoms in total. The summed E-state index contributed by atoms with van der Waals surface area (Å²) in [6.45, 7) is 0. The number of nitrogens with zero attached hydrogens (tertiary/aromatic N) is 1. The maximum Gasteiger partial charge on any atom is 0.213 e. The molecular weight excluding hydrogens is 241 g/mol. The molecule has 0 saturated carbocycles. The summed E-state index contributed by atoms with van der Waals surface area (Å²) in [6.07, 6.45) is 1.44. The summed E-state index contributed by atoms with van der Waals surface area (Å²) in [5.41, 5.74) is 4.56. The van der Waals surface area contributed by atoms with Crippen molar-refractivity contribution in [3.05, 3.63) is 65.7 Å². The van der Waals surface area contributed by atoms with E-state index in [-0.39, 0.29) is 5.78 Å². The average Bonchev–Trinajstić information content (AvgIpc) is 2.77. The molecule has 0 saturated heterocycles. The molecule has 4 rings (SSSR count). The highest BCUT2D eigenvalue weighted by Gasteiger charge is 2.32. The third-order valence-corrected chi connectivity index (χ3v) is 3.54. The molecule has 0 unspecified atom stereocenters. The van der Waals surface area contributed by atoms with Gasteiger partial charge in [0, 0.05) is 29.0 Å². The molecule has 3 aliphatic carbocycles. The van der Waals surface area contributed by atoms with Crippen LogP contribution in [-0.4, -0.2) is 10.8 Å². The van der Waals surface area contributed by atoms with E-state index in [9.17, 15) is 9.18 Å². The fourth-order valence-corrected chi connectivity index (χ4v) is 2.71. The monoisotopic (exact) mass is 249 g/mol. The van der Waals surface area contributed by atoms with Gasteiger partial charge in [-0.3, -0.25) is 4.79 Å². The second-order valence-electron chi connectivity index (χ2n) is 4.59. The van der Waals surface area contributed by atoms with Gasteiger partial charge in [-0.05, 0) is 22.8 Å². The largest absolute Gasteiger partial charge is 0.289 e. The Morgan fingerprint density at radius 1 is 0.895 bits per heavy atom. The summed E-state index contributed by atoms with van der Waals surface area (Å²) < 4.78 is 13.2. The van der Waals surface area contributed by atoms with E-state index >= 15 is 0 Å². The molecule has 0 amide bonds. The van der Waals surface area contributed by atoms with Crippen LogP contribution in [0.1, 0.15) is 15.9 Å². The van der Waals surface area contributed by atoms with E-state index in [2.05, 4.69) is 4.98 Å². The Bertz CT molecular complexity index is 810. The Kier molecular flexibility index (Phi) is 1.90. The number of halogens is 1.